The highest BCUT2D eigenvalue weighted by Gasteiger charge is 2.19. The maximum Gasteiger partial charge on any atom is 0.126 e. The Morgan fingerprint density at radius 2 is 2.00 bits per heavy atom. The third-order valence-electron chi connectivity index (χ3n) is 2.99. The first-order valence-corrected chi connectivity index (χ1v) is 6.73. The second-order valence-electron chi connectivity index (χ2n) is 4.31. The molecule has 106 valence electrons. The number of benzene rings is 2. The molecular formula is C15H13Cl2FO2. The van der Waals surface area contributed by atoms with Crippen molar-refractivity contribution in [1.82, 2.24) is 0 Å². The normalized spacial score (nSPS) is 12.2. The van der Waals surface area contributed by atoms with Gasteiger partial charge in [0.25, 0.3) is 0 Å². The Morgan fingerprint density at radius 1 is 1.25 bits per heavy atom. The molecule has 0 spiro atoms. The lowest BCUT2D eigenvalue weighted by atomic mass is 10.00. The highest BCUT2D eigenvalue weighted by Crippen LogP contribution is 2.34. The predicted octanol–water partition coefficient (Wildman–Crippen LogP) is 4.42. The van der Waals surface area contributed by atoms with E-state index in [1.165, 1.54) is 25.3 Å². The molecule has 0 amide bonds. The predicted molar refractivity (Wildman–Crippen MR) is 78.1 cm³/mol. The van der Waals surface area contributed by atoms with Crippen LogP contribution in [0.15, 0.2) is 36.4 Å². The standard InChI is InChI=1S/C15H13Cl2FO2/c1-20-14-4-2-3-11(17)15(14)13(19)8-9-7-10(16)5-6-12(9)18/h2-7,13,19H,8H2,1H3. The van der Waals surface area contributed by atoms with Gasteiger partial charge < -0.3 is 9.84 Å². The maximum atomic E-state index is 13.7. The van der Waals surface area contributed by atoms with Crippen LogP contribution in [0.1, 0.15) is 17.2 Å². The Balaban J connectivity index is 2.33. The van der Waals surface area contributed by atoms with Crippen molar-refractivity contribution in [2.75, 3.05) is 7.11 Å². The fourth-order valence-electron chi connectivity index (χ4n) is 2.03. The Hall–Kier alpha value is -1.29. The Morgan fingerprint density at radius 3 is 2.70 bits per heavy atom. The van der Waals surface area contributed by atoms with Gasteiger partial charge >= 0.3 is 0 Å². The molecule has 2 rings (SSSR count). The fraction of sp³-hybridized carbons (Fsp3) is 0.200. The summed E-state index contributed by atoms with van der Waals surface area (Å²) in [7, 11) is 1.49. The average molecular weight is 315 g/mol. The summed E-state index contributed by atoms with van der Waals surface area (Å²) in [6, 6.07) is 9.29. The number of hydrogen-bond acceptors (Lipinski definition) is 2. The minimum Gasteiger partial charge on any atom is -0.496 e. The van der Waals surface area contributed by atoms with Crippen molar-refractivity contribution >= 4 is 23.2 Å². The summed E-state index contributed by atoms with van der Waals surface area (Å²) >= 11 is 11.9. The molecule has 0 radical (unpaired) electrons. The lowest BCUT2D eigenvalue weighted by molar-refractivity contribution is 0.173. The number of aliphatic hydroxyl groups is 1. The average Bonchev–Trinajstić information content (AvgIpc) is 2.42. The molecule has 1 N–H and O–H groups in total. The van der Waals surface area contributed by atoms with Gasteiger partial charge in [-0.05, 0) is 35.9 Å². The summed E-state index contributed by atoms with van der Waals surface area (Å²) < 4.78 is 18.9. The van der Waals surface area contributed by atoms with E-state index >= 15 is 0 Å². The molecule has 0 aliphatic heterocycles. The molecule has 0 heterocycles. The molecule has 0 saturated heterocycles. The zero-order valence-corrected chi connectivity index (χ0v) is 12.2. The number of aliphatic hydroxyl groups excluding tert-OH is 1. The number of halogens is 3. The van der Waals surface area contributed by atoms with Crippen LogP contribution >= 0.6 is 23.2 Å². The summed E-state index contributed by atoms with van der Waals surface area (Å²) in [6.07, 6.45) is -0.918. The maximum absolute atomic E-state index is 13.7. The molecule has 2 aromatic carbocycles. The lowest BCUT2D eigenvalue weighted by Gasteiger charge is -2.16. The van der Waals surface area contributed by atoms with Gasteiger partial charge in [-0.1, -0.05) is 29.3 Å². The molecule has 5 heteroatoms. The number of rotatable bonds is 4. The van der Waals surface area contributed by atoms with E-state index in [4.69, 9.17) is 27.9 Å². The largest absolute Gasteiger partial charge is 0.496 e. The highest BCUT2D eigenvalue weighted by atomic mass is 35.5. The summed E-state index contributed by atoms with van der Waals surface area (Å²) in [6.45, 7) is 0. The van der Waals surface area contributed by atoms with Crippen molar-refractivity contribution in [2.45, 2.75) is 12.5 Å². The SMILES string of the molecule is COc1cccc(Cl)c1C(O)Cc1cc(Cl)ccc1F. The van der Waals surface area contributed by atoms with E-state index in [0.29, 0.717) is 26.9 Å². The highest BCUT2D eigenvalue weighted by molar-refractivity contribution is 6.31. The van der Waals surface area contributed by atoms with Gasteiger partial charge in [-0.2, -0.15) is 0 Å². The molecule has 0 aromatic heterocycles. The summed E-state index contributed by atoms with van der Waals surface area (Å²) in [5.74, 6) is 0.0481. The topological polar surface area (TPSA) is 29.5 Å². The van der Waals surface area contributed by atoms with Crippen molar-refractivity contribution < 1.29 is 14.2 Å². The van der Waals surface area contributed by atoms with Crippen molar-refractivity contribution in [3.63, 3.8) is 0 Å². The molecule has 20 heavy (non-hydrogen) atoms. The Kier molecular flexibility index (Phi) is 4.86. The second-order valence-corrected chi connectivity index (χ2v) is 5.16. The molecule has 0 saturated carbocycles. The molecule has 0 aliphatic carbocycles. The summed E-state index contributed by atoms with van der Waals surface area (Å²) in [5.41, 5.74) is 0.767. The van der Waals surface area contributed by atoms with Crippen LogP contribution in [0.5, 0.6) is 5.75 Å². The van der Waals surface area contributed by atoms with Crippen LogP contribution < -0.4 is 4.74 Å². The van der Waals surface area contributed by atoms with E-state index < -0.39 is 11.9 Å². The van der Waals surface area contributed by atoms with Gasteiger partial charge in [0.15, 0.2) is 0 Å². The van der Waals surface area contributed by atoms with Gasteiger partial charge in [0, 0.05) is 17.0 Å². The third kappa shape index (κ3) is 3.23. The van der Waals surface area contributed by atoms with Crippen LogP contribution in [0.2, 0.25) is 10.0 Å². The van der Waals surface area contributed by atoms with Gasteiger partial charge in [-0.25, -0.2) is 4.39 Å². The molecule has 2 nitrogen and oxygen atoms in total. The van der Waals surface area contributed by atoms with E-state index in [2.05, 4.69) is 0 Å². The van der Waals surface area contributed by atoms with E-state index in [9.17, 15) is 9.50 Å². The Labute approximate surface area is 126 Å². The van der Waals surface area contributed by atoms with Gasteiger partial charge in [0.2, 0.25) is 0 Å². The first-order chi connectivity index (χ1) is 9.52. The monoisotopic (exact) mass is 314 g/mol. The van der Waals surface area contributed by atoms with E-state index in [-0.39, 0.29) is 6.42 Å². The zero-order chi connectivity index (χ0) is 14.7. The first kappa shape index (κ1) is 15.1. The quantitative estimate of drug-likeness (QED) is 0.905. The molecule has 0 bridgehead atoms. The lowest BCUT2D eigenvalue weighted by Crippen LogP contribution is -2.06. The smallest absolute Gasteiger partial charge is 0.126 e. The van der Waals surface area contributed by atoms with Crippen molar-refractivity contribution in [1.29, 1.82) is 0 Å². The number of methoxy groups -OCH3 is 1. The molecule has 0 aliphatic rings. The fourth-order valence-corrected chi connectivity index (χ4v) is 2.52. The van der Waals surface area contributed by atoms with E-state index in [1.54, 1.807) is 18.2 Å². The second kappa shape index (κ2) is 6.44. The Bertz CT molecular complexity index is 617. The minimum atomic E-state index is -0.980. The molecule has 1 atom stereocenters. The van der Waals surface area contributed by atoms with Gasteiger partial charge in [0.05, 0.1) is 18.2 Å². The van der Waals surface area contributed by atoms with E-state index in [1.807, 2.05) is 0 Å². The van der Waals surface area contributed by atoms with Crippen LogP contribution in [-0.4, -0.2) is 12.2 Å². The van der Waals surface area contributed by atoms with Crippen molar-refractivity contribution in [3.05, 3.63) is 63.4 Å². The summed E-state index contributed by atoms with van der Waals surface area (Å²) in [4.78, 5) is 0. The van der Waals surface area contributed by atoms with Gasteiger partial charge in [-0.15, -0.1) is 0 Å². The molecular weight excluding hydrogens is 302 g/mol. The summed E-state index contributed by atoms with van der Waals surface area (Å²) in [5, 5.41) is 11.1. The molecule has 0 fully saturated rings. The zero-order valence-electron chi connectivity index (χ0n) is 10.7. The van der Waals surface area contributed by atoms with Gasteiger partial charge in [-0.3, -0.25) is 0 Å². The third-order valence-corrected chi connectivity index (χ3v) is 3.55. The van der Waals surface area contributed by atoms with Crippen LogP contribution in [0.3, 0.4) is 0 Å². The van der Waals surface area contributed by atoms with Crippen LogP contribution in [0.4, 0.5) is 4.39 Å². The van der Waals surface area contributed by atoms with Crippen molar-refractivity contribution in [3.8, 4) is 5.75 Å². The van der Waals surface area contributed by atoms with E-state index in [0.717, 1.165) is 0 Å². The number of ether oxygens (including phenoxy) is 1. The van der Waals surface area contributed by atoms with Crippen LogP contribution in [-0.2, 0) is 6.42 Å². The van der Waals surface area contributed by atoms with Crippen molar-refractivity contribution in [2.24, 2.45) is 0 Å². The minimum absolute atomic E-state index is 0.0620. The van der Waals surface area contributed by atoms with Crippen LogP contribution in [0, 0.1) is 5.82 Å². The van der Waals surface area contributed by atoms with Gasteiger partial charge in [0.1, 0.15) is 11.6 Å². The van der Waals surface area contributed by atoms with Crippen LogP contribution in [0.25, 0.3) is 0 Å². The number of hydrogen-bond donors (Lipinski definition) is 1. The first-order valence-electron chi connectivity index (χ1n) is 5.97. The molecule has 1 unspecified atom stereocenters. The molecule has 2 aromatic rings.